The number of ketones is 2. The summed E-state index contributed by atoms with van der Waals surface area (Å²) in [5.74, 6) is 2.37. The number of Topliss-reactive ketones (excluding diaryl/α,β-unsaturated/α-hetero) is 1. The van der Waals surface area contributed by atoms with Crippen molar-refractivity contribution < 1.29 is 9.59 Å². The summed E-state index contributed by atoms with van der Waals surface area (Å²) in [5.41, 5.74) is 7.09. The molecule has 164 valence electrons. The summed E-state index contributed by atoms with van der Waals surface area (Å²) < 4.78 is 0. The molecule has 0 radical (unpaired) electrons. The minimum absolute atomic E-state index is 0.0805. The lowest BCUT2D eigenvalue weighted by molar-refractivity contribution is -0.125. The van der Waals surface area contributed by atoms with Crippen LogP contribution in [-0.2, 0) is 9.59 Å². The third-order valence-corrected chi connectivity index (χ3v) is 9.03. The summed E-state index contributed by atoms with van der Waals surface area (Å²) >= 11 is 0. The topological polar surface area (TPSA) is 37.4 Å². The number of nitrogens with zero attached hydrogens (tertiary/aromatic N) is 1. The van der Waals surface area contributed by atoms with E-state index in [0.717, 1.165) is 32.1 Å². The lowest BCUT2D eigenvalue weighted by atomic mass is 9.51. The first kappa shape index (κ1) is 20.7. The van der Waals surface area contributed by atoms with E-state index < -0.39 is 0 Å². The molecule has 2 saturated carbocycles. The lowest BCUT2D eigenvalue weighted by Gasteiger charge is -2.52. The highest BCUT2D eigenvalue weighted by Gasteiger charge is 2.57. The molecule has 5 atom stereocenters. The second-order valence-corrected chi connectivity index (χ2v) is 10.8. The smallest absolute Gasteiger partial charge is 0.156 e. The number of hydrogen-bond donors (Lipinski definition) is 0. The summed E-state index contributed by atoms with van der Waals surface area (Å²) in [6.45, 7) is 4.22. The van der Waals surface area contributed by atoms with Crippen molar-refractivity contribution in [1.82, 2.24) is 0 Å². The fourth-order valence-corrected chi connectivity index (χ4v) is 7.63. The van der Waals surface area contributed by atoms with Crippen molar-refractivity contribution in [2.24, 2.45) is 23.2 Å². The van der Waals surface area contributed by atoms with Crippen LogP contribution in [0.2, 0.25) is 0 Å². The number of allylic oxidation sites excluding steroid dienone is 4. The van der Waals surface area contributed by atoms with Gasteiger partial charge in [0.15, 0.2) is 5.78 Å². The molecule has 0 bridgehead atoms. The maximum atomic E-state index is 12.6. The second-order valence-electron chi connectivity index (χ2n) is 10.8. The number of carbonyl (C=O) groups excluding carboxylic acids is 2. The Kier molecular flexibility index (Phi) is 4.99. The first-order chi connectivity index (χ1) is 14.8. The highest BCUT2D eigenvalue weighted by molar-refractivity contribution is 5.93. The zero-order valence-electron chi connectivity index (χ0n) is 19.4. The van der Waals surface area contributed by atoms with Gasteiger partial charge in [0, 0.05) is 38.0 Å². The van der Waals surface area contributed by atoms with E-state index in [-0.39, 0.29) is 11.3 Å². The zero-order chi connectivity index (χ0) is 21.9. The highest BCUT2D eigenvalue weighted by atomic mass is 16.1. The largest absolute Gasteiger partial charge is 0.378 e. The summed E-state index contributed by atoms with van der Waals surface area (Å²) in [5, 5.41) is 0. The Hall–Kier alpha value is -2.16. The van der Waals surface area contributed by atoms with Gasteiger partial charge in [-0.2, -0.15) is 0 Å². The molecule has 3 nitrogen and oxygen atoms in total. The predicted octanol–water partition coefficient (Wildman–Crippen LogP) is 5.86. The summed E-state index contributed by atoms with van der Waals surface area (Å²) in [4.78, 5) is 26.9. The standard InChI is InChI=1S/C28H35NO2/c1-17(30)25-13-14-26-23-11-7-19-15-21(31)10-12-22(19)27(23)24(16-28(25,26)2)18-5-8-20(9-6-18)29(3)4/h5-6,8-9,15,23-26H,7,10-14,16H2,1-4H3/t23-,24+,25+,26-,28+/m0/s1. The number of carbonyl (C=O) groups is 2. The number of hydrogen-bond acceptors (Lipinski definition) is 3. The van der Waals surface area contributed by atoms with Crippen molar-refractivity contribution >= 4 is 17.3 Å². The second kappa shape index (κ2) is 7.46. The highest BCUT2D eigenvalue weighted by Crippen LogP contribution is 2.65. The van der Waals surface area contributed by atoms with Crippen molar-refractivity contribution in [3.05, 3.63) is 52.6 Å². The van der Waals surface area contributed by atoms with Gasteiger partial charge < -0.3 is 4.90 Å². The Labute approximate surface area is 186 Å². The predicted molar refractivity (Wildman–Crippen MR) is 125 cm³/mol. The molecule has 0 spiro atoms. The van der Waals surface area contributed by atoms with Gasteiger partial charge >= 0.3 is 0 Å². The monoisotopic (exact) mass is 417 g/mol. The first-order valence-corrected chi connectivity index (χ1v) is 12.0. The normalized spacial score (nSPS) is 34.6. The van der Waals surface area contributed by atoms with E-state index in [1.807, 2.05) is 13.0 Å². The molecule has 3 heteroatoms. The minimum Gasteiger partial charge on any atom is -0.378 e. The number of anilines is 1. The van der Waals surface area contributed by atoms with Crippen molar-refractivity contribution in [3.8, 4) is 0 Å². The van der Waals surface area contributed by atoms with Crippen LogP contribution < -0.4 is 4.90 Å². The Morgan fingerprint density at radius 2 is 1.77 bits per heavy atom. The third-order valence-electron chi connectivity index (χ3n) is 9.03. The van der Waals surface area contributed by atoms with Crippen LogP contribution in [0.4, 0.5) is 5.69 Å². The SMILES string of the molecule is CC(=O)[C@H]1CC[C@H]2[C@@H]3CCC4=CC(=O)CCC4=C3[C@@H](c3ccc(N(C)C)cc3)C[C@]12C. The molecule has 1 aromatic carbocycles. The molecule has 4 aliphatic carbocycles. The molecular formula is C28H35NO2. The third kappa shape index (κ3) is 3.23. The van der Waals surface area contributed by atoms with Gasteiger partial charge in [0.05, 0.1) is 0 Å². The Bertz CT molecular complexity index is 983. The Balaban J connectivity index is 1.65. The molecule has 0 heterocycles. The molecule has 4 aliphatic rings. The van der Waals surface area contributed by atoms with Gasteiger partial charge in [-0.15, -0.1) is 0 Å². The summed E-state index contributed by atoms with van der Waals surface area (Å²) in [6.07, 6.45) is 8.93. The van der Waals surface area contributed by atoms with E-state index >= 15 is 0 Å². The van der Waals surface area contributed by atoms with Crippen LogP contribution in [0.3, 0.4) is 0 Å². The van der Waals surface area contributed by atoms with E-state index in [2.05, 4.69) is 50.2 Å². The van der Waals surface area contributed by atoms with Crippen LogP contribution in [0.25, 0.3) is 0 Å². The van der Waals surface area contributed by atoms with Crippen molar-refractivity contribution in [2.75, 3.05) is 19.0 Å². The molecule has 5 rings (SSSR count). The van der Waals surface area contributed by atoms with Crippen LogP contribution in [-0.4, -0.2) is 25.7 Å². The molecule has 0 N–H and O–H groups in total. The van der Waals surface area contributed by atoms with Crippen molar-refractivity contribution in [3.63, 3.8) is 0 Å². The molecule has 0 unspecified atom stereocenters. The maximum absolute atomic E-state index is 12.6. The van der Waals surface area contributed by atoms with Gasteiger partial charge in [-0.25, -0.2) is 0 Å². The van der Waals surface area contributed by atoms with Crippen LogP contribution in [0.15, 0.2) is 47.1 Å². The van der Waals surface area contributed by atoms with E-state index in [1.165, 1.54) is 28.8 Å². The van der Waals surface area contributed by atoms with Crippen LogP contribution in [0.5, 0.6) is 0 Å². The van der Waals surface area contributed by atoms with Gasteiger partial charge in [-0.1, -0.05) is 24.6 Å². The molecule has 0 aromatic heterocycles. The van der Waals surface area contributed by atoms with Crippen molar-refractivity contribution in [2.45, 2.75) is 64.7 Å². The van der Waals surface area contributed by atoms with E-state index in [0.29, 0.717) is 35.7 Å². The van der Waals surface area contributed by atoms with Gasteiger partial charge in [-0.05, 0) is 97.6 Å². The van der Waals surface area contributed by atoms with Crippen LogP contribution >= 0.6 is 0 Å². The number of benzene rings is 1. The quantitative estimate of drug-likeness (QED) is 0.618. The van der Waals surface area contributed by atoms with Gasteiger partial charge in [0.2, 0.25) is 0 Å². The minimum atomic E-state index is 0.0805. The van der Waals surface area contributed by atoms with E-state index in [9.17, 15) is 9.59 Å². The molecule has 0 saturated heterocycles. The van der Waals surface area contributed by atoms with Crippen LogP contribution in [0.1, 0.15) is 70.3 Å². The zero-order valence-corrected chi connectivity index (χ0v) is 19.4. The lowest BCUT2D eigenvalue weighted by Crippen LogP contribution is -2.44. The van der Waals surface area contributed by atoms with Gasteiger partial charge in [0.1, 0.15) is 5.78 Å². The average molecular weight is 418 g/mol. The molecule has 1 aromatic rings. The maximum Gasteiger partial charge on any atom is 0.156 e. The molecule has 0 amide bonds. The Morgan fingerprint density at radius 1 is 1.03 bits per heavy atom. The van der Waals surface area contributed by atoms with Gasteiger partial charge in [0.25, 0.3) is 0 Å². The Morgan fingerprint density at radius 3 is 2.45 bits per heavy atom. The molecular weight excluding hydrogens is 382 g/mol. The molecule has 0 aliphatic heterocycles. The molecule has 2 fully saturated rings. The average Bonchev–Trinajstić information content (AvgIpc) is 3.10. The fraction of sp³-hybridized carbons (Fsp3) is 0.571. The van der Waals surface area contributed by atoms with E-state index in [4.69, 9.17) is 0 Å². The molecule has 31 heavy (non-hydrogen) atoms. The summed E-state index contributed by atoms with van der Waals surface area (Å²) in [7, 11) is 4.16. The van der Waals surface area contributed by atoms with Crippen molar-refractivity contribution in [1.29, 1.82) is 0 Å². The summed E-state index contributed by atoms with van der Waals surface area (Å²) in [6, 6.07) is 9.06. The fourth-order valence-electron chi connectivity index (χ4n) is 7.63. The van der Waals surface area contributed by atoms with Crippen LogP contribution in [0, 0.1) is 23.2 Å². The van der Waals surface area contributed by atoms with E-state index in [1.54, 1.807) is 5.57 Å². The first-order valence-electron chi connectivity index (χ1n) is 12.0. The number of rotatable bonds is 3. The number of fused-ring (bicyclic) bond motifs is 4. The van der Waals surface area contributed by atoms with Gasteiger partial charge in [-0.3, -0.25) is 9.59 Å².